The van der Waals surface area contributed by atoms with Crippen LogP contribution in [0.25, 0.3) is 6.20 Å². The smallest absolute Gasteiger partial charge is 0.248 e. The van der Waals surface area contributed by atoms with E-state index in [0.717, 1.165) is 0 Å². The number of aromatic nitrogens is 2. The van der Waals surface area contributed by atoms with Crippen LogP contribution in [-0.2, 0) is 31.1 Å². The second-order valence-corrected chi connectivity index (χ2v) is 9.80. The molecule has 3 rings (SSSR count). The second-order valence-electron chi connectivity index (χ2n) is 4.96. The Morgan fingerprint density at radius 1 is 1.04 bits per heavy atom. The van der Waals surface area contributed by atoms with E-state index < -0.39 is 5.69 Å². The van der Waals surface area contributed by atoms with Gasteiger partial charge in [-0.1, -0.05) is 43.0 Å². The maximum Gasteiger partial charge on any atom is 0.248 e. The molecule has 0 aliphatic rings. The van der Waals surface area contributed by atoms with E-state index in [1.807, 2.05) is 95.6 Å². The Morgan fingerprint density at radius 3 is 1.84 bits per heavy atom. The number of aryl methyl sites for hydroxylation is 1. The largest absolute Gasteiger partial charge is 0.665 e. The van der Waals surface area contributed by atoms with Gasteiger partial charge in [-0.2, -0.15) is 0 Å². The van der Waals surface area contributed by atoms with Crippen LogP contribution in [0.5, 0.6) is 11.5 Å². The van der Waals surface area contributed by atoms with Crippen molar-refractivity contribution >= 4 is 35.9 Å². The molecule has 1 aromatic heterocycles. The third-order valence-corrected chi connectivity index (χ3v) is 4.68. The monoisotopic (exact) mass is 390 g/mol. The summed E-state index contributed by atoms with van der Waals surface area (Å²) >= 11 is 10.4. The Hall–Kier alpha value is -2.01. The fourth-order valence-electron chi connectivity index (χ4n) is 1.82. The van der Waals surface area contributed by atoms with Gasteiger partial charge in [-0.25, -0.2) is 9.13 Å². The van der Waals surface area contributed by atoms with Gasteiger partial charge in [0.05, 0.1) is 13.2 Å². The van der Waals surface area contributed by atoms with E-state index in [4.69, 9.17) is 33.1 Å². The first-order valence-corrected chi connectivity index (χ1v) is 11.1. The first-order chi connectivity index (χ1) is 12.0. The van der Waals surface area contributed by atoms with Crippen molar-refractivity contribution in [1.29, 1.82) is 0 Å². The summed E-state index contributed by atoms with van der Waals surface area (Å²) in [5, 5.41) is 0. The molecule has 0 fully saturated rings. The molecule has 4 nitrogen and oxygen atoms in total. The summed E-state index contributed by atoms with van der Waals surface area (Å²) in [5.41, 5.74) is -2.72. The van der Waals surface area contributed by atoms with E-state index in [0.29, 0.717) is 11.5 Å². The minimum atomic E-state index is -2.72. The van der Waals surface area contributed by atoms with Gasteiger partial charge in [0, 0.05) is 0 Å². The molecule has 0 bridgehead atoms. The highest BCUT2D eigenvalue weighted by molar-refractivity contribution is 8.51. The zero-order valence-corrected chi connectivity index (χ0v) is 16.3. The average molecular weight is 390 g/mol. The van der Waals surface area contributed by atoms with E-state index in [1.165, 1.54) is 0 Å². The Labute approximate surface area is 158 Å². The fraction of sp³-hybridized carbons (Fsp3) is 0.0556. The Morgan fingerprint density at radius 2 is 1.52 bits per heavy atom. The van der Waals surface area contributed by atoms with E-state index in [-0.39, 0.29) is 0 Å². The Balaban J connectivity index is 0.000000236. The van der Waals surface area contributed by atoms with Gasteiger partial charge in [0.15, 0.2) is 5.69 Å². The fourth-order valence-corrected chi connectivity index (χ4v) is 3.65. The number of imidazole rings is 1. The van der Waals surface area contributed by atoms with Gasteiger partial charge in [-0.3, -0.25) is 0 Å². The average Bonchev–Trinajstić information content (AvgIpc) is 3.02. The first-order valence-electron chi connectivity index (χ1n) is 7.44. The highest BCUT2D eigenvalue weighted by atomic mass is 32.9. The first kappa shape index (κ1) is 19.3. The van der Waals surface area contributed by atoms with Crippen molar-refractivity contribution in [3.63, 3.8) is 0 Å². The highest BCUT2D eigenvalue weighted by Gasteiger charge is 2.05. The number of nitrogens with zero attached hydrogens (tertiary/aromatic N) is 2. The molecule has 0 unspecified atom stereocenters. The van der Waals surface area contributed by atoms with Gasteiger partial charge in [-0.15, -0.1) is 0 Å². The molecule has 0 saturated carbocycles. The molecule has 0 radical (unpaired) electrons. The van der Waals surface area contributed by atoms with Crippen LogP contribution in [0, 0.1) is 0 Å². The van der Waals surface area contributed by atoms with Gasteiger partial charge < -0.3 is 21.3 Å². The second kappa shape index (κ2) is 9.47. The summed E-state index contributed by atoms with van der Waals surface area (Å²) in [6.45, 7) is 3.59. The number of rotatable bonds is 5. The highest BCUT2D eigenvalue weighted by Crippen LogP contribution is 2.46. The summed E-state index contributed by atoms with van der Waals surface area (Å²) in [7, 11) is 1.97. The third-order valence-electron chi connectivity index (χ3n) is 2.92. The summed E-state index contributed by atoms with van der Waals surface area (Å²) in [6, 6.07) is 18.5. The molecule has 0 aliphatic carbocycles. The number of para-hydroxylation sites is 2. The van der Waals surface area contributed by atoms with Crippen LogP contribution in [0.2, 0.25) is 0 Å². The van der Waals surface area contributed by atoms with E-state index in [2.05, 4.69) is 6.58 Å². The van der Waals surface area contributed by atoms with E-state index in [1.54, 1.807) is 6.20 Å². The molecule has 7 heteroatoms. The van der Waals surface area contributed by atoms with E-state index >= 15 is 0 Å². The maximum absolute atomic E-state index is 5.52. The molecule has 1 heterocycles. The lowest BCUT2D eigenvalue weighted by Gasteiger charge is -2.29. The van der Waals surface area contributed by atoms with Crippen molar-refractivity contribution in [2.75, 3.05) is 0 Å². The number of hydrogen-bond donors (Lipinski definition) is 0. The molecular formula is C18H19N2O2PS2. The van der Waals surface area contributed by atoms with Crippen molar-refractivity contribution in [2.24, 2.45) is 7.05 Å². The summed E-state index contributed by atoms with van der Waals surface area (Å²) in [6.07, 6.45) is 7.58. The zero-order chi connectivity index (χ0) is 18.1. The summed E-state index contributed by atoms with van der Waals surface area (Å²) in [4.78, 5) is 0. The normalized spacial score (nSPS) is 10.3. The van der Waals surface area contributed by atoms with Crippen molar-refractivity contribution in [3.05, 3.63) is 86.0 Å². The van der Waals surface area contributed by atoms with Crippen LogP contribution in [-0.4, -0.2) is 4.57 Å². The lowest BCUT2D eigenvalue weighted by molar-refractivity contribution is -0.670. The molecular weight excluding hydrogens is 371 g/mol. The SMILES string of the molecule is C=Cn1cc[n+](C)c1.S=P([S-])(Oc1ccccc1)Oc1ccccc1. The van der Waals surface area contributed by atoms with Crippen molar-refractivity contribution in [1.82, 2.24) is 4.57 Å². The quantitative estimate of drug-likeness (QED) is 0.368. The third kappa shape index (κ3) is 7.18. The molecule has 0 N–H and O–H groups in total. The Kier molecular flexibility index (Phi) is 7.31. The number of hydrogen-bond acceptors (Lipinski definition) is 4. The lowest BCUT2D eigenvalue weighted by atomic mass is 10.3. The van der Waals surface area contributed by atoms with Gasteiger partial charge in [0.1, 0.15) is 23.9 Å². The zero-order valence-electron chi connectivity index (χ0n) is 13.8. The van der Waals surface area contributed by atoms with Gasteiger partial charge >= 0.3 is 0 Å². The molecule has 0 amide bonds. The van der Waals surface area contributed by atoms with Gasteiger partial charge in [0.25, 0.3) is 0 Å². The molecule has 130 valence electrons. The van der Waals surface area contributed by atoms with Gasteiger partial charge in [-0.05, 0) is 36.1 Å². The van der Waals surface area contributed by atoms with Crippen molar-refractivity contribution < 1.29 is 13.6 Å². The van der Waals surface area contributed by atoms with Gasteiger partial charge in [0.2, 0.25) is 6.33 Å². The lowest BCUT2D eigenvalue weighted by Crippen LogP contribution is -2.23. The van der Waals surface area contributed by atoms with Crippen LogP contribution in [0.15, 0.2) is 86.0 Å². The standard InChI is InChI=1S/C12H11O2PS2.C6H9N2/c16-15(17,13-11-7-3-1-4-8-11)14-12-9-5-2-6-10-12;1-3-8-5-4-7(2)6-8/h1-10H,(H,16,17);3-6H,1H2,2H3/q;+1/p-1. The molecule has 0 saturated heterocycles. The minimum absolute atomic E-state index is 0.641. The predicted molar refractivity (Wildman–Crippen MR) is 108 cm³/mol. The van der Waals surface area contributed by atoms with Crippen molar-refractivity contribution in [3.8, 4) is 11.5 Å². The van der Waals surface area contributed by atoms with Crippen LogP contribution in [0.1, 0.15) is 0 Å². The van der Waals surface area contributed by atoms with E-state index in [9.17, 15) is 0 Å². The van der Waals surface area contributed by atoms with Crippen LogP contribution >= 0.6 is 5.69 Å². The maximum atomic E-state index is 5.52. The van der Waals surface area contributed by atoms with Crippen molar-refractivity contribution in [2.45, 2.75) is 0 Å². The molecule has 0 spiro atoms. The van der Waals surface area contributed by atoms with Crippen LogP contribution in [0.3, 0.4) is 0 Å². The molecule has 25 heavy (non-hydrogen) atoms. The minimum Gasteiger partial charge on any atom is -0.665 e. The molecule has 2 aromatic carbocycles. The summed E-state index contributed by atoms with van der Waals surface area (Å²) in [5.74, 6) is 1.28. The number of benzene rings is 2. The molecule has 0 atom stereocenters. The van der Waals surface area contributed by atoms with Crippen LogP contribution in [0.4, 0.5) is 0 Å². The Bertz CT molecular complexity index is 793. The summed E-state index contributed by atoms with van der Waals surface area (Å²) < 4.78 is 14.9. The topological polar surface area (TPSA) is 27.3 Å². The molecule has 0 aliphatic heterocycles. The predicted octanol–water partition coefficient (Wildman–Crippen LogP) is 4.33. The van der Waals surface area contributed by atoms with Crippen LogP contribution < -0.4 is 13.6 Å². The molecule has 3 aromatic rings.